The summed E-state index contributed by atoms with van der Waals surface area (Å²) in [4.78, 5) is 0. The SMILES string of the molecule is O=S(=O)(Cc1ccccc1)CC1CCCNC1. The van der Waals surface area contributed by atoms with E-state index in [2.05, 4.69) is 5.32 Å². The van der Waals surface area contributed by atoms with Gasteiger partial charge in [-0.1, -0.05) is 30.3 Å². The van der Waals surface area contributed by atoms with Crippen LogP contribution in [0.25, 0.3) is 0 Å². The molecule has 1 aliphatic rings. The van der Waals surface area contributed by atoms with E-state index in [-0.39, 0.29) is 11.7 Å². The first kappa shape index (κ1) is 12.6. The summed E-state index contributed by atoms with van der Waals surface area (Å²) in [6.45, 7) is 1.86. The molecule has 1 saturated heterocycles. The van der Waals surface area contributed by atoms with Crippen LogP contribution in [0, 0.1) is 5.92 Å². The van der Waals surface area contributed by atoms with Gasteiger partial charge < -0.3 is 5.32 Å². The fourth-order valence-corrected chi connectivity index (χ4v) is 4.13. The maximum atomic E-state index is 12.0. The molecule has 0 aromatic heterocycles. The monoisotopic (exact) mass is 253 g/mol. The maximum Gasteiger partial charge on any atom is 0.154 e. The highest BCUT2D eigenvalue weighted by atomic mass is 32.2. The van der Waals surface area contributed by atoms with Crippen molar-refractivity contribution in [2.45, 2.75) is 18.6 Å². The van der Waals surface area contributed by atoms with Crippen LogP contribution in [-0.2, 0) is 15.6 Å². The first-order chi connectivity index (χ1) is 8.16. The van der Waals surface area contributed by atoms with Crippen molar-refractivity contribution in [2.75, 3.05) is 18.8 Å². The zero-order chi connectivity index (χ0) is 12.1. The molecule has 0 bridgehead atoms. The molecule has 1 aromatic rings. The highest BCUT2D eigenvalue weighted by Gasteiger charge is 2.21. The third kappa shape index (κ3) is 4.13. The summed E-state index contributed by atoms with van der Waals surface area (Å²) < 4.78 is 24.1. The van der Waals surface area contributed by atoms with E-state index < -0.39 is 9.84 Å². The molecule has 1 aromatic carbocycles. The first-order valence-electron chi connectivity index (χ1n) is 6.11. The van der Waals surface area contributed by atoms with Gasteiger partial charge in [0.05, 0.1) is 11.5 Å². The molecular weight excluding hydrogens is 234 g/mol. The molecule has 0 spiro atoms. The van der Waals surface area contributed by atoms with E-state index >= 15 is 0 Å². The van der Waals surface area contributed by atoms with Gasteiger partial charge in [-0.25, -0.2) is 8.42 Å². The smallest absolute Gasteiger partial charge is 0.154 e. The van der Waals surface area contributed by atoms with Gasteiger partial charge in [-0.2, -0.15) is 0 Å². The van der Waals surface area contributed by atoms with Crippen LogP contribution in [0.15, 0.2) is 30.3 Å². The standard InChI is InChI=1S/C13H19NO2S/c15-17(16,10-12-5-2-1-3-6-12)11-13-7-4-8-14-9-13/h1-3,5-6,13-14H,4,7-11H2. The largest absolute Gasteiger partial charge is 0.316 e. The molecule has 2 rings (SSSR count). The predicted molar refractivity (Wildman–Crippen MR) is 69.5 cm³/mol. The lowest BCUT2D eigenvalue weighted by Crippen LogP contribution is -2.34. The predicted octanol–water partition coefficient (Wildman–Crippen LogP) is 1.60. The van der Waals surface area contributed by atoms with Gasteiger partial charge in [0, 0.05) is 0 Å². The molecule has 17 heavy (non-hydrogen) atoms. The molecule has 1 heterocycles. The van der Waals surface area contributed by atoms with Gasteiger partial charge in [-0.3, -0.25) is 0 Å². The number of nitrogens with one attached hydrogen (secondary N) is 1. The van der Waals surface area contributed by atoms with E-state index in [1.807, 2.05) is 30.3 Å². The minimum absolute atomic E-state index is 0.171. The van der Waals surface area contributed by atoms with Crippen LogP contribution < -0.4 is 5.32 Å². The average molecular weight is 253 g/mol. The summed E-state index contributed by atoms with van der Waals surface area (Å²) in [7, 11) is -2.97. The minimum Gasteiger partial charge on any atom is -0.316 e. The van der Waals surface area contributed by atoms with E-state index in [1.54, 1.807) is 0 Å². The summed E-state index contributed by atoms with van der Waals surface area (Å²) in [5.74, 6) is 0.775. The number of benzene rings is 1. The molecule has 0 amide bonds. The second-order valence-corrected chi connectivity index (χ2v) is 6.86. The second kappa shape index (κ2) is 5.65. The highest BCUT2D eigenvalue weighted by Crippen LogP contribution is 2.15. The Labute approximate surface area is 103 Å². The van der Waals surface area contributed by atoms with Crippen LogP contribution in [0.2, 0.25) is 0 Å². The lowest BCUT2D eigenvalue weighted by molar-refractivity contribution is 0.404. The molecular formula is C13H19NO2S. The Kier molecular flexibility index (Phi) is 4.18. The summed E-state index contributed by atoms with van der Waals surface area (Å²) in [5.41, 5.74) is 0.885. The Balaban J connectivity index is 1.94. The van der Waals surface area contributed by atoms with Crippen LogP contribution in [0.3, 0.4) is 0 Å². The van der Waals surface area contributed by atoms with Gasteiger partial charge in [0.15, 0.2) is 9.84 Å². The molecule has 1 atom stereocenters. The maximum absolute atomic E-state index is 12.0. The van der Waals surface area contributed by atoms with E-state index in [4.69, 9.17) is 0 Å². The fraction of sp³-hybridized carbons (Fsp3) is 0.538. The first-order valence-corrected chi connectivity index (χ1v) is 7.93. The van der Waals surface area contributed by atoms with Crippen LogP contribution in [0.1, 0.15) is 18.4 Å². The van der Waals surface area contributed by atoms with Crippen molar-refractivity contribution in [2.24, 2.45) is 5.92 Å². The lowest BCUT2D eigenvalue weighted by atomic mass is 10.0. The van der Waals surface area contributed by atoms with E-state index in [0.717, 1.165) is 31.5 Å². The van der Waals surface area contributed by atoms with Crippen LogP contribution in [0.5, 0.6) is 0 Å². The molecule has 0 saturated carbocycles. The van der Waals surface area contributed by atoms with Crippen molar-refractivity contribution in [1.29, 1.82) is 0 Å². The quantitative estimate of drug-likeness (QED) is 0.886. The molecule has 1 aliphatic heterocycles. The number of sulfone groups is 1. The Morgan fingerprint density at radius 3 is 2.65 bits per heavy atom. The number of rotatable bonds is 4. The molecule has 1 unspecified atom stereocenters. The molecule has 0 radical (unpaired) electrons. The number of hydrogen-bond donors (Lipinski definition) is 1. The van der Waals surface area contributed by atoms with Gasteiger partial charge in [-0.15, -0.1) is 0 Å². The van der Waals surface area contributed by atoms with Crippen molar-refractivity contribution >= 4 is 9.84 Å². The topological polar surface area (TPSA) is 46.2 Å². The van der Waals surface area contributed by atoms with Crippen molar-refractivity contribution in [3.8, 4) is 0 Å². The van der Waals surface area contributed by atoms with Crippen LogP contribution in [-0.4, -0.2) is 27.3 Å². The lowest BCUT2D eigenvalue weighted by Gasteiger charge is -2.22. The molecule has 94 valence electrons. The van der Waals surface area contributed by atoms with Crippen molar-refractivity contribution < 1.29 is 8.42 Å². The summed E-state index contributed by atoms with van der Waals surface area (Å²) >= 11 is 0. The van der Waals surface area contributed by atoms with E-state index in [1.165, 1.54) is 0 Å². The third-order valence-corrected chi connectivity index (χ3v) is 4.87. The Bertz CT molecular complexity index is 436. The zero-order valence-corrected chi connectivity index (χ0v) is 10.7. The van der Waals surface area contributed by atoms with Crippen LogP contribution >= 0.6 is 0 Å². The zero-order valence-electron chi connectivity index (χ0n) is 9.93. The summed E-state index contributed by atoms with van der Waals surface area (Å²) in [6.07, 6.45) is 2.12. The van der Waals surface area contributed by atoms with Crippen molar-refractivity contribution in [3.63, 3.8) is 0 Å². The normalized spacial score (nSPS) is 21.3. The molecule has 1 fully saturated rings. The van der Waals surface area contributed by atoms with Gasteiger partial charge in [0.1, 0.15) is 0 Å². The minimum atomic E-state index is -2.97. The average Bonchev–Trinajstić information content (AvgIpc) is 2.30. The molecule has 1 N–H and O–H groups in total. The Morgan fingerprint density at radius 1 is 1.24 bits per heavy atom. The van der Waals surface area contributed by atoms with E-state index in [0.29, 0.717) is 5.75 Å². The number of piperidine rings is 1. The molecule has 3 nitrogen and oxygen atoms in total. The van der Waals surface area contributed by atoms with Crippen molar-refractivity contribution in [1.82, 2.24) is 5.32 Å². The fourth-order valence-electron chi connectivity index (χ4n) is 2.31. The Hall–Kier alpha value is -0.870. The molecule has 4 heteroatoms. The van der Waals surface area contributed by atoms with Gasteiger partial charge in [0.25, 0.3) is 0 Å². The molecule has 0 aliphatic carbocycles. The van der Waals surface area contributed by atoms with E-state index in [9.17, 15) is 8.42 Å². The Morgan fingerprint density at radius 2 is 2.00 bits per heavy atom. The highest BCUT2D eigenvalue weighted by molar-refractivity contribution is 7.90. The van der Waals surface area contributed by atoms with Crippen molar-refractivity contribution in [3.05, 3.63) is 35.9 Å². The van der Waals surface area contributed by atoms with Gasteiger partial charge >= 0.3 is 0 Å². The number of hydrogen-bond acceptors (Lipinski definition) is 3. The summed E-state index contributed by atoms with van der Waals surface area (Å²) in [6, 6.07) is 9.41. The van der Waals surface area contributed by atoms with Gasteiger partial charge in [0.2, 0.25) is 0 Å². The van der Waals surface area contributed by atoms with Gasteiger partial charge in [-0.05, 0) is 37.4 Å². The third-order valence-electron chi connectivity index (χ3n) is 3.12. The van der Waals surface area contributed by atoms with Crippen LogP contribution in [0.4, 0.5) is 0 Å². The summed E-state index contributed by atoms with van der Waals surface area (Å²) in [5, 5.41) is 3.26. The second-order valence-electron chi connectivity index (χ2n) is 4.75.